The normalized spacial score (nSPS) is 10.2. The lowest BCUT2D eigenvalue weighted by Crippen LogP contribution is -2.31. The van der Waals surface area contributed by atoms with Crippen molar-refractivity contribution in [3.05, 3.63) is 35.4 Å². The van der Waals surface area contributed by atoms with Gasteiger partial charge in [0.1, 0.15) is 5.84 Å². The summed E-state index contributed by atoms with van der Waals surface area (Å²) >= 11 is 6.97. The number of amides is 1. The van der Waals surface area contributed by atoms with Crippen LogP contribution in [0.2, 0.25) is 0 Å². The van der Waals surface area contributed by atoms with Crippen molar-refractivity contribution in [2.75, 3.05) is 18.7 Å². The van der Waals surface area contributed by atoms with Crippen molar-refractivity contribution in [2.45, 2.75) is 12.8 Å². The van der Waals surface area contributed by atoms with Crippen LogP contribution in [0, 0.1) is 10.8 Å². The number of halogens is 1. The lowest BCUT2D eigenvalue weighted by Gasteiger charge is -2.20. The molecule has 1 amide bonds. The second-order valence-corrected chi connectivity index (χ2v) is 5.91. The van der Waals surface area contributed by atoms with E-state index >= 15 is 0 Å². The molecule has 0 unspecified atom stereocenters. The Balaban J connectivity index is 2.65. The topological polar surface area (TPSA) is 94.0 Å². The summed E-state index contributed by atoms with van der Waals surface area (Å²) in [5.74, 6) is 1.19. The number of rotatable bonds is 6. The predicted molar refractivity (Wildman–Crippen MR) is 89.5 cm³/mol. The number of nitrogens with two attached hydrogens (primary N) is 1. The molecule has 21 heavy (non-hydrogen) atoms. The van der Waals surface area contributed by atoms with Crippen LogP contribution in [0.3, 0.4) is 0 Å². The number of nitrogens with one attached hydrogen (secondary N) is 2. The summed E-state index contributed by atoms with van der Waals surface area (Å²) in [7, 11) is 1.69. The van der Waals surface area contributed by atoms with E-state index in [0.29, 0.717) is 16.6 Å². The van der Waals surface area contributed by atoms with E-state index in [0.717, 1.165) is 17.7 Å². The van der Waals surface area contributed by atoms with E-state index in [4.69, 9.17) is 28.2 Å². The average molecular weight is 327 g/mol. The second kappa shape index (κ2) is 8.69. The van der Waals surface area contributed by atoms with Crippen LogP contribution in [0.15, 0.2) is 24.3 Å². The van der Waals surface area contributed by atoms with Gasteiger partial charge in [-0.25, -0.2) is 0 Å². The molecule has 0 saturated heterocycles. The van der Waals surface area contributed by atoms with Crippen molar-refractivity contribution in [1.82, 2.24) is 4.90 Å². The largest absolute Gasteiger partial charge is 0.369 e. The molecular weight excluding hydrogens is 308 g/mol. The van der Waals surface area contributed by atoms with E-state index in [1.54, 1.807) is 31.3 Å². The third kappa shape index (κ3) is 5.77. The van der Waals surface area contributed by atoms with Gasteiger partial charge in [0.2, 0.25) is 5.91 Å². The van der Waals surface area contributed by atoms with Crippen molar-refractivity contribution in [3.63, 3.8) is 0 Å². The molecule has 1 aromatic rings. The lowest BCUT2D eigenvalue weighted by atomic mass is 10.1. The predicted octanol–water partition coefficient (Wildman–Crippen LogP) is 2.27. The SMILES string of the molecule is CN(C(=N)SCCCCl)C(=N)c1ccc(CC(N)=O)cc1. The van der Waals surface area contributed by atoms with Crippen molar-refractivity contribution in [3.8, 4) is 0 Å². The molecule has 7 heteroatoms. The van der Waals surface area contributed by atoms with Crippen molar-refractivity contribution >= 4 is 40.3 Å². The summed E-state index contributed by atoms with van der Waals surface area (Å²) in [6.07, 6.45) is 1.02. The summed E-state index contributed by atoms with van der Waals surface area (Å²) in [4.78, 5) is 12.4. The van der Waals surface area contributed by atoms with Gasteiger partial charge in [-0.3, -0.25) is 15.6 Å². The van der Waals surface area contributed by atoms with Crippen LogP contribution in [0.25, 0.3) is 0 Å². The number of hydrogen-bond donors (Lipinski definition) is 3. The number of carbonyl (C=O) groups is 1. The Morgan fingerprint density at radius 2 is 1.95 bits per heavy atom. The second-order valence-electron chi connectivity index (χ2n) is 4.44. The number of primary amides is 1. The van der Waals surface area contributed by atoms with Gasteiger partial charge in [-0.1, -0.05) is 36.0 Å². The first-order valence-corrected chi connectivity index (χ1v) is 7.95. The number of amidine groups is 2. The van der Waals surface area contributed by atoms with Gasteiger partial charge in [0.15, 0.2) is 5.17 Å². The highest BCUT2D eigenvalue weighted by Crippen LogP contribution is 2.13. The first-order chi connectivity index (χ1) is 9.95. The summed E-state index contributed by atoms with van der Waals surface area (Å²) in [6.45, 7) is 0. The van der Waals surface area contributed by atoms with Gasteiger partial charge in [-0.15, -0.1) is 11.6 Å². The summed E-state index contributed by atoms with van der Waals surface area (Å²) < 4.78 is 0. The van der Waals surface area contributed by atoms with Crippen molar-refractivity contribution in [2.24, 2.45) is 5.73 Å². The minimum Gasteiger partial charge on any atom is -0.369 e. The number of hydrogen-bond acceptors (Lipinski definition) is 4. The molecular formula is C14H19ClN4OS. The van der Waals surface area contributed by atoms with Gasteiger partial charge < -0.3 is 10.6 Å². The Morgan fingerprint density at radius 1 is 1.33 bits per heavy atom. The van der Waals surface area contributed by atoms with Gasteiger partial charge in [-0.05, 0) is 12.0 Å². The first kappa shape index (κ1) is 17.5. The zero-order chi connectivity index (χ0) is 15.8. The molecule has 0 fully saturated rings. The van der Waals surface area contributed by atoms with Crippen LogP contribution in [0.1, 0.15) is 17.5 Å². The van der Waals surface area contributed by atoms with Crippen LogP contribution < -0.4 is 5.73 Å². The smallest absolute Gasteiger partial charge is 0.221 e. The third-order valence-corrected chi connectivity index (χ3v) is 4.07. The molecule has 0 radical (unpaired) electrons. The van der Waals surface area contributed by atoms with Crippen molar-refractivity contribution < 1.29 is 4.79 Å². The zero-order valence-corrected chi connectivity index (χ0v) is 13.4. The van der Waals surface area contributed by atoms with Gasteiger partial charge in [0.25, 0.3) is 0 Å². The molecule has 0 heterocycles. The third-order valence-electron chi connectivity index (χ3n) is 2.76. The molecule has 4 N–H and O–H groups in total. The van der Waals surface area contributed by atoms with E-state index in [1.165, 1.54) is 16.7 Å². The summed E-state index contributed by atoms with van der Waals surface area (Å²) in [5.41, 5.74) is 6.64. The van der Waals surface area contributed by atoms with E-state index in [2.05, 4.69) is 0 Å². The van der Waals surface area contributed by atoms with Crippen LogP contribution >= 0.6 is 23.4 Å². The minimum atomic E-state index is -0.382. The average Bonchev–Trinajstić information content (AvgIpc) is 2.46. The van der Waals surface area contributed by atoms with E-state index in [9.17, 15) is 4.79 Å². The molecule has 0 bridgehead atoms. The van der Waals surface area contributed by atoms with E-state index < -0.39 is 0 Å². The zero-order valence-electron chi connectivity index (χ0n) is 11.9. The maximum absolute atomic E-state index is 10.8. The maximum Gasteiger partial charge on any atom is 0.221 e. The lowest BCUT2D eigenvalue weighted by molar-refractivity contribution is -0.117. The number of thioether (sulfide) groups is 1. The highest BCUT2D eigenvalue weighted by atomic mass is 35.5. The fourth-order valence-corrected chi connectivity index (χ4v) is 2.66. The Labute approximate surface area is 133 Å². The minimum absolute atomic E-state index is 0.188. The standard InChI is InChI=1S/C14H19ClN4OS/c1-19(14(18)21-8-2-7-15)13(17)11-5-3-10(4-6-11)9-12(16)20/h3-6,17-18H,2,7-9H2,1H3,(H2,16,20). The van der Waals surface area contributed by atoms with E-state index in [1.807, 2.05) is 0 Å². The quantitative estimate of drug-likeness (QED) is 0.324. The van der Waals surface area contributed by atoms with Gasteiger partial charge in [0, 0.05) is 24.2 Å². The molecule has 114 valence electrons. The van der Waals surface area contributed by atoms with Crippen LogP contribution in [0.4, 0.5) is 0 Å². The molecule has 0 atom stereocenters. The Morgan fingerprint density at radius 3 is 2.48 bits per heavy atom. The Bertz CT molecular complexity index is 518. The fourth-order valence-electron chi connectivity index (χ4n) is 1.60. The molecule has 0 aliphatic rings. The summed E-state index contributed by atoms with van der Waals surface area (Å²) in [5, 5.41) is 16.4. The number of alkyl halides is 1. The van der Waals surface area contributed by atoms with E-state index in [-0.39, 0.29) is 18.2 Å². The van der Waals surface area contributed by atoms with Crippen LogP contribution in [-0.4, -0.2) is 40.5 Å². The first-order valence-electron chi connectivity index (χ1n) is 6.43. The van der Waals surface area contributed by atoms with Crippen LogP contribution in [0.5, 0.6) is 0 Å². The fraction of sp³-hybridized carbons (Fsp3) is 0.357. The van der Waals surface area contributed by atoms with Gasteiger partial charge >= 0.3 is 0 Å². The molecule has 0 aromatic heterocycles. The highest BCUT2D eigenvalue weighted by molar-refractivity contribution is 8.13. The molecule has 1 rings (SSSR count). The molecule has 0 saturated carbocycles. The highest BCUT2D eigenvalue weighted by Gasteiger charge is 2.12. The molecule has 0 aliphatic heterocycles. The number of nitrogens with zero attached hydrogens (tertiary/aromatic N) is 1. The maximum atomic E-state index is 10.8. The molecule has 0 aliphatic carbocycles. The molecule has 0 spiro atoms. The van der Waals surface area contributed by atoms with Gasteiger partial charge in [-0.2, -0.15) is 0 Å². The van der Waals surface area contributed by atoms with Crippen LogP contribution in [-0.2, 0) is 11.2 Å². The monoisotopic (exact) mass is 326 g/mol. The molecule has 5 nitrogen and oxygen atoms in total. The molecule has 1 aromatic carbocycles. The number of carbonyl (C=O) groups excluding carboxylic acids is 1. The number of benzene rings is 1. The summed E-state index contributed by atoms with van der Waals surface area (Å²) in [6, 6.07) is 7.06. The van der Waals surface area contributed by atoms with Gasteiger partial charge in [0.05, 0.1) is 6.42 Å². The Hall–Kier alpha value is -1.53. The van der Waals surface area contributed by atoms with Crippen molar-refractivity contribution in [1.29, 1.82) is 10.8 Å². The Kier molecular flexibility index (Phi) is 7.25.